The number of para-hydroxylation sites is 1. The SMILES string of the molecule is O=C(Nc1cccc(N2CCCC2=O)c1)c1cc2cccc(Br)c2o1. The van der Waals surface area contributed by atoms with Crippen molar-refractivity contribution in [2.45, 2.75) is 12.8 Å². The first kappa shape index (κ1) is 15.9. The second-order valence-electron chi connectivity index (χ2n) is 5.92. The molecule has 1 aliphatic heterocycles. The van der Waals surface area contributed by atoms with Crippen molar-refractivity contribution in [1.82, 2.24) is 0 Å². The van der Waals surface area contributed by atoms with Gasteiger partial charge in [-0.05, 0) is 52.7 Å². The maximum absolute atomic E-state index is 12.5. The van der Waals surface area contributed by atoms with E-state index in [4.69, 9.17) is 4.42 Å². The topological polar surface area (TPSA) is 62.6 Å². The number of carbonyl (C=O) groups excluding carboxylic acids is 2. The molecule has 2 heterocycles. The van der Waals surface area contributed by atoms with Crippen LogP contribution >= 0.6 is 15.9 Å². The van der Waals surface area contributed by atoms with Gasteiger partial charge in [0.25, 0.3) is 5.91 Å². The highest BCUT2D eigenvalue weighted by atomic mass is 79.9. The normalized spacial score (nSPS) is 14.3. The van der Waals surface area contributed by atoms with Crippen molar-refractivity contribution in [1.29, 1.82) is 0 Å². The summed E-state index contributed by atoms with van der Waals surface area (Å²) in [5, 5.41) is 3.69. The van der Waals surface area contributed by atoms with Crippen LogP contribution in [0.3, 0.4) is 0 Å². The minimum absolute atomic E-state index is 0.116. The van der Waals surface area contributed by atoms with E-state index in [0.29, 0.717) is 24.2 Å². The van der Waals surface area contributed by atoms with Gasteiger partial charge in [0.1, 0.15) is 5.58 Å². The van der Waals surface area contributed by atoms with E-state index >= 15 is 0 Å². The van der Waals surface area contributed by atoms with Crippen molar-refractivity contribution in [3.05, 3.63) is 58.8 Å². The van der Waals surface area contributed by atoms with Crippen LogP contribution in [0.4, 0.5) is 11.4 Å². The molecule has 1 fully saturated rings. The summed E-state index contributed by atoms with van der Waals surface area (Å²) in [4.78, 5) is 26.1. The molecule has 6 heteroatoms. The van der Waals surface area contributed by atoms with Crippen LogP contribution in [0.5, 0.6) is 0 Å². The number of hydrogen-bond acceptors (Lipinski definition) is 3. The summed E-state index contributed by atoms with van der Waals surface area (Å²) in [5.74, 6) is 0.0307. The smallest absolute Gasteiger partial charge is 0.291 e. The molecular formula is C19H15BrN2O3. The van der Waals surface area contributed by atoms with E-state index in [1.807, 2.05) is 30.3 Å². The first-order valence-corrected chi connectivity index (χ1v) is 8.81. The van der Waals surface area contributed by atoms with E-state index in [9.17, 15) is 9.59 Å². The summed E-state index contributed by atoms with van der Waals surface area (Å²) in [6, 6.07) is 14.6. The van der Waals surface area contributed by atoms with Gasteiger partial charge in [-0.25, -0.2) is 0 Å². The Bertz CT molecular complexity index is 980. The zero-order valence-electron chi connectivity index (χ0n) is 13.3. The van der Waals surface area contributed by atoms with Gasteiger partial charge in [-0.2, -0.15) is 0 Å². The van der Waals surface area contributed by atoms with Crippen molar-refractivity contribution in [2.24, 2.45) is 0 Å². The van der Waals surface area contributed by atoms with E-state index in [2.05, 4.69) is 21.2 Å². The molecule has 0 atom stereocenters. The molecule has 3 aromatic rings. The summed E-state index contributed by atoms with van der Waals surface area (Å²) < 4.78 is 6.46. The third kappa shape index (κ3) is 3.05. The summed E-state index contributed by atoms with van der Waals surface area (Å²) in [6.07, 6.45) is 1.44. The molecule has 2 amide bonds. The first-order valence-electron chi connectivity index (χ1n) is 8.02. The number of carbonyl (C=O) groups is 2. The Balaban J connectivity index is 1.57. The van der Waals surface area contributed by atoms with Gasteiger partial charge in [-0.15, -0.1) is 0 Å². The number of rotatable bonds is 3. The second kappa shape index (κ2) is 6.37. The highest BCUT2D eigenvalue weighted by molar-refractivity contribution is 9.10. The molecule has 4 rings (SSSR count). The fraction of sp³-hybridized carbons (Fsp3) is 0.158. The summed E-state index contributed by atoms with van der Waals surface area (Å²) in [6.45, 7) is 0.716. The summed E-state index contributed by atoms with van der Waals surface area (Å²) in [7, 11) is 0. The van der Waals surface area contributed by atoms with Crippen molar-refractivity contribution in [2.75, 3.05) is 16.8 Å². The molecule has 0 spiro atoms. The fourth-order valence-electron chi connectivity index (χ4n) is 3.00. The lowest BCUT2D eigenvalue weighted by Crippen LogP contribution is -2.23. The second-order valence-corrected chi connectivity index (χ2v) is 6.78. The van der Waals surface area contributed by atoms with Crippen LogP contribution < -0.4 is 10.2 Å². The number of amides is 2. The van der Waals surface area contributed by atoms with E-state index in [0.717, 1.165) is 22.0 Å². The van der Waals surface area contributed by atoms with Crippen LogP contribution in [0.25, 0.3) is 11.0 Å². The van der Waals surface area contributed by atoms with Gasteiger partial charge in [-0.1, -0.05) is 18.2 Å². The Labute approximate surface area is 152 Å². The zero-order chi connectivity index (χ0) is 17.4. The Morgan fingerprint density at radius 3 is 2.76 bits per heavy atom. The fourth-order valence-corrected chi connectivity index (χ4v) is 3.47. The molecule has 126 valence electrons. The minimum atomic E-state index is -0.326. The highest BCUT2D eigenvalue weighted by Crippen LogP contribution is 2.28. The molecular weight excluding hydrogens is 384 g/mol. The monoisotopic (exact) mass is 398 g/mol. The number of nitrogens with one attached hydrogen (secondary N) is 1. The Morgan fingerprint density at radius 2 is 2.00 bits per heavy atom. The summed E-state index contributed by atoms with van der Waals surface area (Å²) >= 11 is 3.42. The summed E-state index contributed by atoms with van der Waals surface area (Å²) in [5.41, 5.74) is 2.07. The van der Waals surface area contributed by atoms with E-state index in [-0.39, 0.29) is 17.6 Å². The number of nitrogens with zero attached hydrogens (tertiary/aromatic N) is 1. The quantitative estimate of drug-likeness (QED) is 0.702. The third-order valence-electron chi connectivity index (χ3n) is 4.21. The van der Waals surface area contributed by atoms with Gasteiger partial charge >= 0.3 is 0 Å². The van der Waals surface area contributed by atoms with Gasteiger partial charge < -0.3 is 14.6 Å². The van der Waals surface area contributed by atoms with E-state index in [1.165, 1.54) is 0 Å². The van der Waals surface area contributed by atoms with Crippen molar-refractivity contribution < 1.29 is 14.0 Å². The number of fused-ring (bicyclic) bond motifs is 1. The maximum Gasteiger partial charge on any atom is 0.291 e. The molecule has 1 N–H and O–H groups in total. The van der Waals surface area contributed by atoms with Gasteiger partial charge in [0.05, 0.1) is 4.47 Å². The van der Waals surface area contributed by atoms with Gasteiger partial charge in [-0.3, -0.25) is 9.59 Å². The molecule has 25 heavy (non-hydrogen) atoms. The average molecular weight is 399 g/mol. The van der Waals surface area contributed by atoms with E-state index in [1.54, 1.807) is 23.1 Å². The van der Waals surface area contributed by atoms with Gasteiger partial charge in [0.15, 0.2) is 5.76 Å². The largest absolute Gasteiger partial charge is 0.450 e. The number of anilines is 2. The lowest BCUT2D eigenvalue weighted by Gasteiger charge is -2.16. The molecule has 5 nitrogen and oxygen atoms in total. The molecule has 0 radical (unpaired) electrons. The molecule has 0 unspecified atom stereocenters. The molecule has 0 bridgehead atoms. The van der Waals surface area contributed by atoms with E-state index < -0.39 is 0 Å². The van der Waals surface area contributed by atoms with Crippen molar-refractivity contribution in [3.63, 3.8) is 0 Å². The predicted octanol–water partition coefficient (Wildman–Crippen LogP) is 4.57. The number of hydrogen-bond donors (Lipinski definition) is 1. The lowest BCUT2D eigenvalue weighted by molar-refractivity contribution is -0.117. The standard InChI is InChI=1S/C19H15BrN2O3/c20-15-7-1-4-12-10-16(25-18(12)15)19(24)21-13-5-2-6-14(11-13)22-9-3-8-17(22)23/h1-2,4-7,10-11H,3,8-9H2,(H,21,24). The predicted molar refractivity (Wildman–Crippen MR) is 99.9 cm³/mol. The zero-order valence-corrected chi connectivity index (χ0v) is 14.9. The van der Waals surface area contributed by atoms with Crippen LogP contribution in [0.15, 0.2) is 57.4 Å². The maximum atomic E-state index is 12.5. The molecule has 0 aliphatic carbocycles. The number of benzene rings is 2. The van der Waals surface area contributed by atoms with Crippen molar-refractivity contribution >= 4 is 50.1 Å². The van der Waals surface area contributed by atoms with Crippen LogP contribution in [0, 0.1) is 0 Å². The average Bonchev–Trinajstić information content (AvgIpc) is 3.22. The Kier molecular flexibility index (Phi) is 4.05. The third-order valence-corrected chi connectivity index (χ3v) is 4.83. The molecule has 2 aromatic carbocycles. The molecule has 1 aromatic heterocycles. The van der Waals surface area contributed by atoms with Crippen LogP contribution in [0.2, 0.25) is 0 Å². The van der Waals surface area contributed by atoms with Gasteiger partial charge in [0, 0.05) is 29.7 Å². The number of halogens is 1. The van der Waals surface area contributed by atoms with Crippen molar-refractivity contribution in [3.8, 4) is 0 Å². The van der Waals surface area contributed by atoms with Crippen LogP contribution in [-0.2, 0) is 4.79 Å². The van der Waals surface area contributed by atoms with Crippen LogP contribution in [-0.4, -0.2) is 18.4 Å². The Morgan fingerprint density at radius 1 is 1.16 bits per heavy atom. The number of furan rings is 1. The molecule has 0 saturated carbocycles. The molecule has 1 aliphatic rings. The highest BCUT2D eigenvalue weighted by Gasteiger charge is 2.22. The van der Waals surface area contributed by atoms with Crippen LogP contribution in [0.1, 0.15) is 23.4 Å². The first-order chi connectivity index (χ1) is 12.1. The van der Waals surface area contributed by atoms with Gasteiger partial charge in [0.2, 0.25) is 5.91 Å². The Hall–Kier alpha value is -2.60. The molecule has 1 saturated heterocycles. The minimum Gasteiger partial charge on any atom is -0.450 e. The lowest BCUT2D eigenvalue weighted by atomic mass is 10.2.